The Morgan fingerprint density at radius 1 is 1.37 bits per heavy atom. The molecule has 0 aliphatic carbocycles. The van der Waals surface area contributed by atoms with Gasteiger partial charge in [0, 0.05) is 12.6 Å². The van der Waals surface area contributed by atoms with Crippen LogP contribution in [0.2, 0.25) is 0 Å². The van der Waals surface area contributed by atoms with Crippen molar-refractivity contribution >= 4 is 17.6 Å². The molecule has 0 aromatic carbocycles. The third-order valence-electron chi connectivity index (χ3n) is 2.82. The summed E-state index contributed by atoms with van der Waals surface area (Å²) in [4.78, 5) is 20.1. The summed E-state index contributed by atoms with van der Waals surface area (Å²) in [5, 5.41) is 6.12. The fourth-order valence-corrected chi connectivity index (χ4v) is 1.84. The van der Waals surface area contributed by atoms with Crippen molar-refractivity contribution in [1.82, 2.24) is 9.97 Å². The van der Waals surface area contributed by atoms with E-state index in [9.17, 15) is 4.79 Å². The highest BCUT2D eigenvalue weighted by Gasteiger charge is 2.22. The molecule has 0 radical (unpaired) electrons. The molecule has 1 aromatic heterocycles. The van der Waals surface area contributed by atoms with E-state index in [-0.39, 0.29) is 5.97 Å². The lowest BCUT2D eigenvalue weighted by Gasteiger charge is -2.20. The lowest BCUT2D eigenvalue weighted by Crippen LogP contribution is -2.32. The average Bonchev–Trinajstić information content (AvgIpc) is 2.38. The Balaban J connectivity index is 2.93. The summed E-state index contributed by atoms with van der Waals surface area (Å²) >= 11 is 0. The number of aromatic nitrogens is 2. The van der Waals surface area contributed by atoms with Crippen molar-refractivity contribution in [3.63, 3.8) is 0 Å². The molecular weight excluding hydrogens is 244 g/mol. The van der Waals surface area contributed by atoms with Gasteiger partial charge in [0.2, 0.25) is 0 Å². The van der Waals surface area contributed by atoms with Crippen LogP contribution in [0.25, 0.3) is 0 Å². The van der Waals surface area contributed by atoms with Crippen LogP contribution in [0, 0.1) is 12.8 Å². The van der Waals surface area contributed by atoms with Crippen molar-refractivity contribution in [3.8, 4) is 0 Å². The lowest BCUT2D eigenvalue weighted by molar-refractivity contribution is -0.141. The molecule has 0 aliphatic heterocycles. The fourth-order valence-electron chi connectivity index (χ4n) is 1.84. The maximum Gasteiger partial charge on any atom is 0.328 e. The molecule has 1 rings (SSSR count). The van der Waals surface area contributed by atoms with Crippen molar-refractivity contribution in [2.75, 3.05) is 24.8 Å². The Morgan fingerprint density at radius 2 is 2.00 bits per heavy atom. The van der Waals surface area contributed by atoms with E-state index >= 15 is 0 Å². The summed E-state index contributed by atoms with van der Waals surface area (Å²) in [5.41, 5.74) is 0.877. The molecule has 0 saturated carbocycles. The zero-order valence-electron chi connectivity index (χ0n) is 12.2. The summed E-state index contributed by atoms with van der Waals surface area (Å²) < 4.78 is 4.82. The first-order valence-electron chi connectivity index (χ1n) is 6.33. The first-order valence-corrected chi connectivity index (χ1v) is 6.33. The number of carbonyl (C=O) groups is 1. The first-order chi connectivity index (χ1) is 8.99. The van der Waals surface area contributed by atoms with Gasteiger partial charge in [0.1, 0.15) is 24.0 Å². The van der Waals surface area contributed by atoms with Crippen LogP contribution >= 0.6 is 0 Å². The van der Waals surface area contributed by atoms with Crippen molar-refractivity contribution in [2.45, 2.75) is 33.2 Å². The van der Waals surface area contributed by atoms with Crippen LogP contribution in [0.15, 0.2) is 6.33 Å². The SMILES string of the molecule is CNc1ncnc(NC(CC(C)C)C(=O)OC)c1C. The maximum absolute atomic E-state index is 11.8. The normalized spacial score (nSPS) is 12.1. The molecule has 0 bridgehead atoms. The van der Waals surface area contributed by atoms with Crippen molar-refractivity contribution in [2.24, 2.45) is 5.92 Å². The van der Waals surface area contributed by atoms with Gasteiger partial charge >= 0.3 is 5.97 Å². The van der Waals surface area contributed by atoms with E-state index in [1.807, 2.05) is 6.92 Å². The van der Waals surface area contributed by atoms with Crippen molar-refractivity contribution in [1.29, 1.82) is 0 Å². The molecule has 6 nitrogen and oxygen atoms in total. The largest absolute Gasteiger partial charge is 0.467 e. The number of hydrogen-bond acceptors (Lipinski definition) is 6. The highest BCUT2D eigenvalue weighted by Crippen LogP contribution is 2.20. The topological polar surface area (TPSA) is 76.1 Å². The summed E-state index contributed by atoms with van der Waals surface area (Å²) in [6, 6.07) is -0.400. The smallest absolute Gasteiger partial charge is 0.328 e. The maximum atomic E-state index is 11.8. The number of ether oxygens (including phenoxy) is 1. The zero-order valence-corrected chi connectivity index (χ0v) is 12.2. The van der Waals surface area contributed by atoms with Gasteiger partial charge in [-0.1, -0.05) is 13.8 Å². The quantitative estimate of drug-likeness (QED) is 0.765. The van der Waals surface area contributed by atoms with Crippen LogP contribution in [0.1, 0.15) is 25.8 Å². The van der Waals surface area contributed by atoms with E-state index in [1.54, 1.807) is 7.05 Å². The molecule has 1 heterocycles. The number of nitrogens with zero attached hydrogens (tertiary/aromatic N) is 2. The number of nitrogens with one attached hydrogen (secondary N) is 2. The Hall–Kier alpha value is -1.85. The molecular formula is C13H22N4O2. The van der Waals surface area contributed by atoms with E-state index in [1.165, 1.54) is 13.4 Å². The summed E-state index contributed by atoms with van der Waals surface area (Å²) in [5.74, 6) is 1.49. The van der Waals surface area contributed by atoms with Gasteiger partial charge in [0.15, 0.2) is 0 Å². The standard InChI is InChI=1S/C13H22N4O2/c1-8(2)6-10(13(18)19-5)17-12-9(3)11(14-4)15-7-16-12/h7-8,10H,6H2,1-5H3,(H2,14,15,16,17). The van der Waals surface area contributed by atoms with Crippen LogP contribution < -0.4 is 10.6 Å². The molecule has 1 unspecified atom stereocenters. The second-order valence-electron chi connectivity index (χ2n) is 4.80. The summed E-state index contributed by atoms with van der Waals surface area (Å²) in [7, 11) is 3.19. The predicted octanol–water partition coefficient (Wildman–Crippen LogP) is 1.83. The van der Waals surface area contributed by atoms with Crippen LogP contribution in [0.4, 0.5) is 11.6 Å². The highest BCUT2D eigenvalue weighted by atomic mass is 16.5. The molecule has 6 heteroatoms. The molecule has 0 fully saturated rings. The van der Waals surface area contributed by atoms with Gasteiger partial charge in [-0.05, 0) is 19.3 Å². The van der Waals surface area contributed by atoms with Gasteiger partial charge < -0.3 is 15.4 Å². The molecule has 2 N–H and O–H groups in total. The van der Waals surface area contributed by atoms with E-state index in [4.69, 9.17) is 4.74 Å². The molecule has 19 heavy (non-hydrogen) atoms. The second-order valence-corrected chi connectivity index (χ2v) is 4.80. The summed E-state index contributed by atoms with van der Waals surface area (Å²) in [6.07, 6.45) is 2.15. The van der Waals surface area contributed by atoms with Gasteiger partial charge in [-0.25, -0.2) is 14.8 Å². The van der Waals surface area contributed by atoms with Gasteiger partial charge in [0.05, 0.1) is 7.11 Å². The minimum absolute atomic E-state index is 0.280. The molecule has 0 amide bonds. The predicted molar refractivity (Wildman–Crippen MR) is 75.2 cm³/mol. The first kappa shape index (κ1) is 15.2. The van der Waals surface area contributed by atoms with Crippen LogP contribution in [-0.4, -0.2) is 36.1 Å². The van der Waals surface area contributed by atoms with Crippen LogP contribution in [-0.2, 0) is 9.53 Å². The zero-order chi connectivity index (χ0) is 14.4. The molecule has 0 saturated heterocycles. The van der Waals surface area contributed by atoms with Crippen LogP contribution in [0.5, 0.6) is 0 Å². The highest BCUT2D eigenvalue weighted by molar-refractivity contribution is 5.79. The number of carbonyl (C=O) groups excluding carboxylic acids is 1. The Labute approximate surface area is 114 Å². The van der Waals surface area contributed by atoms with Gasteiger partial charge in [-0.15, -0.1) is 0 Å². The second kappa shape index (κ2) is 6.92. The van der Waals surface area contributed by atoms with Crippen molar-refractivity contribution < 1.29 is 9.53 Å². The Bertz CT molecular complexity index is 435. The van der Waals surface area contributed by atoms with Crippen LogP contribution in [0.3, 0.4) is 0 Å². The molecule has 1 aromatic rings. The fraction of sp³-hybridized carbons (Fsp3) is 0.615. The van der Waals surface area contributed by atoms with E-state index < -0.39 is 6.04 Å². The number of methoxy groups -OCH3 is 1. The third kappa shape index (κ3) is 4.08. The molecule has 0 spiro atoms. The Kier molecular flexibility index (Phi) is 5.54. The summed E-state index contributed by atoms with van der Waals surface area (Å²) in [6.45, 7) is 6.02. The minimum Gasteiger partial charge on any atom is -0.467 e. The van der Waals surface area contributed by atoms with Gasteiger partial charge in [-0.2, -0.15) is 0 Å². The van der Waals surface area contributed by atoms with Gasteiger partial charge in [0.25, 0.3) is 0 Å². The molecule has 106 valence electrons. The average molecular weight is 266 g/mol. The number of anilines is 2. The lowest BCUT2D eigenvalue weighted by atomic mass is 10.0. The number of rotatable bonds is 6. The van der Waals surface area contributed by atoms with Gasteiger partial charge in [-0.3, -0.25) is 0 Å². The number of hydrogen-bond donors (Lipinski definition) is 2. The van der Waals surface area contributed by atoms with E-state index in [0.717, 1.165) is 11.4 Å². The monoisotopic (exact) mass is 266 g/mol. The third-order valence-corrected chi connectivity index (χ3v) is 2.82. The number of esters is 1. The minimum atomic E-state index is -0.400. The Morgan fingerprint density at radius 3 is 2.53 bits per heavy atom. The van der Waals surface area contributed by atoms with E-state index in [0.29, 0.717) is 18.2 Å². The van der Waals surface area contributed by atoms with Crippen molar-refractivity contribution in [3.05, 3.63) is 11.9 Å². The van der Waals surface area contributed by atoms with E-state index in [2.05, 4.69) is 34.4 Å². The molecule has 1 atom stereocenters. The molecule has 0 aliphatic rings.